The molecule has 2 atom stereocenters. The number of hydrogen-bond donors (Lipinski definition) is 3. The van der Waals surface area contributed by atoms with E-state index >= 15 is 0 Å². The number of hydrogen-bond acceptors (Lipinski definition) is 3. The van der Waals surface area contributed by atoms with E-state index < -0.39 is 6.10 Å². The molecule has 4 nitrogen and oxygen atoms in total. The number of fused-ring (bicyclic) bond motifs is 1. The van der Waals surface area contributed by atoms with Crippen molar-refractivity contribution in [2.24, 2.45) is 0 Å². The normalized spacial score (nSPS) is 17.5. The van der Waals surface area contributed by atoms with Gasteiger partial charge in [0, 0.05) is 13.1 Å². The minimum Gasteiger partial charge on any atom is -0.387 e. The molecule has 0 aliphatic carbocycles. The van der Waals surface area contributed by atoms with Gasteiger partial charge in [-0.2, -0.15) is 0 Å². The number of amides is 1. The molecule has 0 saturated carbocycles. The van der Waals surface area contributed by atoms with Gasteiger partial charge in [0.2, 0.25) is 5.91 Å². The number of aliphatic hydroxyl groups excluding tert-OH is 1. The molecule has 1 heterocycles. The molecule has 23 heavy (non-hydrogen) atoms. The maximum Gasteiger partial charge on any atom is 0.237 e. The Morgan fingerprint density at radius 3 is 2.52 bits per heavy atom. The van der Waals surface area contributed by atoms with Crippen molar-refractivity contribution >= 4 is 18.3 Å². The minimum atomic E-state index is -0.680. The number of carbonyl (C=O) groups is 1. The topological polar surface area (TPSA) is 61.4 Å². The van der Waals surface area contributed by atoms with Crippen molar-refractivity contribution in [2.45, 2.75) is 25.1 Å². The van der Waals surface area contributed by atoms with E-state index in [2.05, 4.69) is 22.8 Å². The van der Waals surface area contributed by atoms with Crippen LogP contribution in [0, 0.1) is 0 Å². The predicted molar refractivity (Wildman–Crippen MR) is 92.4 cm³/mol. The Labute approximate surface area is 142 Å². The Morgan fingerprint density at radius 2 is 1.78 bits per heavy atom. The lowest BCUT2D eigenvalue weighted by Crippen LogP contribution is -2.48. The van der Waals surface area contributed by atoms with Gasteiger partial charge in [-0.25, -0.2) is 0 Å². The molecule has 0 radical (unpaired) electrons. The average Bonchev–Trinajstić information content (AvgIpc) is 2.59. The van der Waals surface area contributed by atoms with Crippen molar-refractivity contribution < 1.29 is 9.90 Å². The number of aliphatic hydroxyl groups is 1. The van der Waals surface area contributed by atoms with Crippen molar-refractivity contribution in [3.63, 3.8) is 0 Å². The third-order valence-electron chi connectivity index (χ3n) is 4.05. The molecule has 0 spiro atoms. The molecule has 3 rings (SSSR count). The lowest BCUT2D eigenvalue weighted by Gasteiger charge is -2.25. The fourth-order valence-electron chi connectivity index (χ4n) is 2.75. The second kappa shape index (κ2) is 8.11. The summed E-state index contributed by atoms with van der Waals surface area (Å²) in [6.45, 7) is 0.929. The van der Waals surface area contributed by atoms with Crippen LogP contribution in [-0.2, 0) is 17.8 Å². The zero-order valence-electron chi connectivity index (χ0n) is 12.7. The van der Waals surface area contributed by atoms with Crippen LogP contribution in [0.5, 0.6) is 0 Å². The highest BCUT2D eigenvalue weighted by atomic mass is 35.5. The molecule has 5 heteroatoms. The zero-order chi connectivity index (χ0) is 15.4. The van der Waals surface area contributed by atoms with Crippen LogP contribution in [0.4, 0.5) is 0 Å². The highest BCUT2D eigenvalue weighted by molar-refractivity contribution is 5.85. The third kappa shape index (κ3) is 4.32. The fourth-order valence-corrected chi connectivity index (χ4v) is 2.75. The highest BCUT2D eigenvalue weighted by Gasteiger charge is 2.24. The molecule has 1 aliphatic heterocycles. The van der Waals surface area contributed by atoms with Gasteiger partial charge in [0.05, 0.1) is 12.1 Å². The SMILES string of the molecule is Cl.O=C(NCC(O)c1ccccc1)C1Cc2ccccc2CN1. The van der Waals surface area contributed by atoms with Gasteiger partial charge in [0.1, 0.15) is 0 Å². The molecule has 1 aliphatic rings. The summed E-state index contributed by atoms with van der Waals surface area (Å²) in [7, 11) is 0. The number of halogens is 1. The molecule has 2 aromatic carbocycles. The van der Waals surface area contributed by atoms with Crippen molar-refractivity contribution in [3.05, 3.63) is 71.3 Å². The number of carbonyl (C=O) groups excluding carboxylic acids is 1. The monoisotopic (exact) mass is 332 g/mol. The van der Waals surface area contributed by atoms with E-state index in [0.29, 0.717) is 13.0 Å². The Hall–Kier alpha value is -1.88. The van der Waals surface area contributed by atoms with E-state index in [1.165, 1.54) is 11.1 Å². The quantitative estimate of drug-likeness (QED) is 0.802. The highest BCUT2D eigenvalue weighted by Crippen LogP contribution is 2.16. The van der Waals surface area contributed by atoms with E-state index in [0.717, 1.165) is 5.56 Å². The van der Waals surface area contributed by atoms with Gasteiger partial charge in [-0.1, -0.05) is 54.6 Å². The standard InChI is InChI=1S/C18H20N2O2.ClH/c21-17(13-6-2-1-3-7-13)12-20-18(22)16-10-14-8-4-5-9-15(14)11-19-16;/h1-9,16-17,19,21H,10-12H2,(H,20,22);1H. The van der Waals surface area contributed by atoms with E-state index in [1.807, 2.05) is 42.5 Å². The van der Waals surface area contributed by atoms with Crippen LogP contribution in [0.3, 0.4) is 0 Å². The first-order valence-corrected chi connectivity index (χ1v) is 7.55. The minimum absolute atomic E-state index is 0. The molecule has 0 aromatic heterocycles. The van der Waals surface area contributed by atoms with Gasteiger partial charge in [-0.15, -0.1) is 12.4 Å². The first-order chi connectivity index (χ1) is 10.7. The zero-order valence-corrected chi connectivity index (χ0v) is 13.6. The summed E-state index contributed by atoms with van der Waals surface area (Å²) in [5, 5.41) is 16.2. The van der Waals surface area contributed by atoms with E-state index in [-0.39, 0.29) is 30.9 Å². The van der Waals surface area contributed by atoms with Crippen molar-refractivity contribution in [3.8, 4) is 0 Å². The smallest absolute Gasteiger partial charge is 0.237 e. The molecular weight excluding hydrogens is 312 g/mol. The van der Waals surface area contributed by atoms with Crippen molar-refractivity contribution in [1.82, 2.24) is 10.6 Å². The third-order valence-corrected chi connectivity index (χ3v) is 4.05. The first kappa shape index (κ1) is 17.5. The molecule has 2 aromatic rings. The van der Waals surface area contributed by atoms with E-state index in [9.17, 15) is 9.90 Å². The molecule has 1 amide bonds. The van der Waals surface area contributed by atoms with Gasteiger partial charge >= 0.3 is 0 Å². The summed E-state index contributed by atoms with van der Waals surface area (Å²) in [6, 6.07) is 17.3. The number of nitrogens with one attached hydrogen (secondary N) is 2. The van der Waals surface area contributed by atoms with Gasteiger partial charge in [0.15, 0.2) is 0 Å². The van der Waals surface area contributed by atoms with Crippen molar-refractivity contribution in [2.75, 3.05) is 6.54 Å². The first-order valence-electron chi connectivity index (χ1n) is 7.55. The lowest BCUT2D eigenvalue weighted by atomic mass is 9.95. The van der Waals surface area contributed by atoms with Gasteiger partial charge < -0.3 is 15.7 Å². The molecule has 0 fully saturated rings. The van der Waals surface area contributed by atoms with Crippen molar-refractivity contribution in [1.29, 1.82) is 0 Å². The number of benzene rings is 2. The summed E-state index contributed by atoms with van der Waals surface area (Å²) in [6.07, 6.45) is 0.00436. The summed E-state index contributed by atoms with van der Waals surface area (Å²) in [5.41, 5.74) is 3.27. The molecular formula is C18H21ClN2O2. The Kier molecular flexibility index (Phi) is 6.16. The molecule has 0 bridgehead atoms. The van der Waals surface area contributed by atoms with Crippen LogP contribution in [-0.4, -0.2) is 23.6 Å². The van der Waals surface area contributed by atoms with Crippen LogP contribution in [0.15, 0.2) is 54.6 Å². The van der Waals surface area contributed by atoms with Gasteiger partial charge in [0.25, 0.3) is 0 Å². The lowest BCUT2D eigenvalue weighted by molar-refractivity contribution is -0.123. The van der Waals surface area contributed by atoms with Crippen LogP contribution >= 0.6 is 12.4 Å². The molecule has 3 N–H and O–H groups in total. The van der Waals surface area contributed by atoms with Gasteiger partial charge in [-0.05, 0) is 23.1 Å². The summed E-state index contributed by atoms with van der Waals surface area (Å²) in [5.74, 6) is -0.0653. The Bertz CT molecular complexity index is 648. The maximum absolute atomic E-state index is 12.3. The molecule has 0 saturated heterocycles. The van der Waals surface area contributed by atoms with Gasteiger partial charge in [-0.3, -0.25) is 4.79 Å². The second-order valence-electron chi connectivity index (χ2n) is 5.58. The maximum atomic E-state index is 12.3. The largest absolute Gasteiger partial charge is 0.387 e. The van der Waals surface area contributed by atoms with Crippen LogP contribution < -0.4 is 10.6 Å². The van der Waals surface area contributed by atoms with E-state index in [4.69, 9.17) is 0 Å². The Balaban J connectivity index is 0.00000192. The fraction of sp³-hybridized carbons (Fsp3) is 0.278. The van der Waals surface area contributed by atoms with Crippen LogP contribution in [0.1, 0.15) is 22.8 Å². The summed E-state index contributed by atoms with van der Waals surface area (Å²) in [4.78, 5) is 12.3. The predicted octanol–water partition coefficient (Wildman–Crippen LogP) is 1.97. The molecule has 2 unspecified atom stereocenters. The second-order valence-corrected chi connectivity index (χ2v) is 5.58. The van der Waals surface area contributed by atoms with E-state index in [1.54, 1.807) is 0 Å². The Morgan fingerprint density at radius 1 is 1.13 bits per heavy atom. The number of rotatable bonds is 4. The van der Waals surface area contributed by atoms with Crippen LogP contribution in [0.2, 0.25) is 0 Å². The average molecular weight is 333 g/mol. The summed E-state index contributed by atoms with van der Waals surface area (Å²) < 4.78 is 0. The van der Waals surface area contributed by atoms with Crippen LogP contribution in [0.25, 0.3) is 0 Å². The summed E-state index contributed by atoms with van der Waals surface area (Å²) >= 11 is 0. The molecule has 122 valence electrons.